The summed E-state index contributed by atoms with van der Waals surface area (Å²) in [7, 11) is 0. The monoisotopic (exact) mass is 443 g/mol. The van der Waals surface area contributed by atoms with E-state index in [1.54, 1.807) is 18.3 Å². The van der Waals surface area contributed by atoms with Crippen LogP contribution in [-0.2, 0) is 9.53 Å². The van der Waals surface area contributed by atoms with Crippen LogP contribution >= 0.6 is 11.6 Å². The Morgan fingerprint density at radius 1 is 1.23 bits per heavy atom. The van der Waals surface area contributed by atoms with Crippen molar-refractivity contribution in [3.05, 3.63) is 41.0 Å². The van der Waals surface area contributed by atoms with Gasteiger partial charge in [-0.15, -0.1) is 0 Å². The third-order valence-corrected chi connectivity index (χ3v) is 6.69. The molecule has 2 heterocycles. The van der Waals surface area contributed by atoms with Gasteiger partial charge in [-0.3, -0.25) is 4.79 Å². The van der Waals surface area contributed by atoms with Crippen LogP contribution in [-0.4, -0.2) is 59.9 Å². The smallest absolute Gasteiger partial charge is 0.258 e. The van der Waals surface area contributed by atoms with E-state index in [1.807, 2.05) is 19.1 Å². The number of nitrogens with one attached hydrogen (secondary N) is 2. The lowest BCUT2D eigenvalue weighted by atomic mass is 9.44. The van der Waals surface area contributed by atoms with E-state index in [4.69, 9.17) is 21.1 Å². The maximum Gasteiger partial charge on any atom is 0.258 e. The van der Waals surface area contributed by atoms with Gasteiger partial charge in [0.25, 0.3) is 5.91 Å². The lowest BCUT2D eigenvalue weighted by Crippen LogP contribution is -2.81. The standard InChI is InChI=1S/C22H26ClN5O3/c1-15-10-16(2-3-17(15)23)31-11-19(29)27-22-12-21(13-22,14-22)26-18-4-5-24-20(25-18)28-6-8-30-9-7-28/h2-5,10H,6-9,11-14H2,1H3,(H,27,29)(H,24,25,26). The van der Waals surface area contributed by atoms with Crippen molar-refractivity contribution >= 4 is 29.3 Å². The molecule has 9 heteroatoms. The lowest BCUT2D eigenvalue weighted by Gasteiger charge is -2.70. The summed E-state index contributed by atoms with van der Waals surface area (Å²) in [6.07, 6.45) is 4.47. The van der Waals surface area contributed by atoms with Crippen LogP contribution in [0.5, 0.6) is 5.75 Å². The minimum atomic E-state index is -0.122. The number of morpholine rings is 1. The molecule has 1 amide bonds. The highest BCUT2D eigenvalue weighted by Crippen LogP contribution is 2.61. The van der Waals surface area contributed by atoms with Crippen LogP contribution in [0.3, 0.4) is 0 Å². The number of nitrogens with zero attached hydrogens (tertiary/aromatic N) is 3. The Hall–Kier alpha value is -2.58. The Bertz CT molecular complexity index is 975. The van der Waals surface area contributed by atoms with Crippen LogP contribution in [0.15, 0.2) is 30.5 Å². The van der Waals surface area contributed by atoms with Crippen molar-refractivity contribution in [2.75, 3.05) is 43.1 Å². The summed E-state index contributed by atoms with van der Waals surface area (Å²) in [5, 5.41) is 7.39. The summed E-state index contributed by atoms with van der Waals surface area (Å²) in [5.74, 6) is 2.11. The van der Waals surface area contributed by atoms with Gasteiger partial charge in [-0.1, -0.05) is 11.6 Å². The first-order valence-corrected chi connectivity index (χ1v) is 11.0. The first-order valence-electron chi connectivity index (χ1n) is 10.6. The molecule has 1 aromatic heterocycles. The molecule has 2 aromatic rings. The van der Waals surface area contributed by atoms with E-state index < -0.39 is 0 Å². The van der Waals surface area contributed by atoms with Crippen molar-refractivity contribution < 1.29 is 14.3 Å². The average Bonchev–Trinajstić information content (AvgIpc) is 2.73. The van der Waals surface area contributed by atoms with Gasteiger partial charge < -0.3 is 25.0 Å². The summed E-state index contributed by atoms with van der Waals surface area (Å²) in [6.45, 7) is 4.93. The molecule has 2 bridgehead atoms. The molecule has 0 spiro atoms. The highest BCUT2D eigenvalue weighted by molar-refractivity contribution is 6.31. The average molecular weight is 444 g/mol. The number of rotatable bonds is 7. The number of aryl methyl sites for hydroxylation is 1. The van der Waals surface area contributed by atoms with E-state index >= 15 is 0 Å². The summed E-state index contributed by atoms with van der Waals surface area (Å²) in [6, 6.07) is 7.29. The quantitative estimate of drug-likeness (QED) is 0.679. The largest absolute Gasteiger partial charge is 0.484 e. The van der Waals surface area contributed by atoms with Gasteiger partial charge in [-0.05, 0) is 56.0 Å². The summed E-state index contributed by atoms with van der Waals surface area (Å²) < 4.78 is 11.0. The van der Waals surface area contributed by atoms with E-state index in [2.05, 4.69) is 25.5 Å². The zero-order chi connectivity index (χ0) is 21.5. The minimum Gasteiger partial charge on any atom is -0.484 e. The van der Waals surface area contributed by atoms with Crippen LogP contribution in [0.1, 0.15) is 24.8 Å². The molecule has 0 radical (unpaired) electrons. The van der Waals surface area contributed by atoms with E-state index in [9.17, 15) is 4.79 Å². The fourth-order valence-electron chi connectivity index (χ4n) is 4.85. The van der Waals surface area contributed by atoms with Gasteiger partial charge in [0.1, 0.15) is 11.6 Å². The molecular weight excluding hydrogens is 418 g/mol. The first kappa shape index (κ1) is 20.3. The van der Waals surface area contributed by atoms with Crippen molar-refractivity contribution in [2.24, 2.45) is 0 Å². The molecule has 6 rings (SSSR count). The number of hydrogen-bond donors (Lipinski definition) is 2. The van der Waals surface area contributed by atoms with Gasteiger partial charge in [0.05, 0.1) is 13.2 Å². The highest BCUT2D eigenvalue weighted by Gasteiger charge is 2.68. The molecule has 31 heavy (non-hydrogen) atoms. The van der Waals surface area contributed by atoms with Gasteiger partial charge in [-0.2, -0.15) is 4.98 Å². The van der Waals surface area contributed by atoms with Crippen molar-refractivity contribution in [1.82, 2.24) is 15.3 Å². The second kappa shape index (κ2) is 7.84. The van der Waals surface area contributed by atoms with E-state index in [0.717, 1.165) is 49.7 Å². The molecule has 3 saturated carbocycles. The van der Waals surface area contributed by atoms with Crippen LogP contribution in [0.4, 0.5) is 11.8 Å². The first-order chi connectivity index (χ1) is 14.9. The molecule has 8 nitrogen and oxygen atoms in total. The van der Waals surface area contributed by atoms with E-state index in [1.165, 1.54) is 0 Å². The highest BCUT2D eigenvalue weighted by atomic mass is 35.5. The fraction of sp³-hybridized carbons (Fsp3) is 0.500. The third kappa shape index (κ3) is 4.14. The number of amides is 1. The number of hydrogen-bond acceptors (Lipinski definition) is 7. The number of ether oxygens (including phenoxy) is 2. The van der Waals surface area contributed by atoms with Gasteiger partial charge in [-0.25, -0.2) is 4.98 Å². The maximum absolute atomic E-state index is 12.4. The SMILES string of the molecule is Cc1cc(OCC(=O)NC23CC(Nc4ccnc(N5CCOCC5)n4)(C2)C3)ccc1Cl. The number of aromatic nitrogens is 2. The molecule has 4 aliphatic rings. The van der Waals surface area contributed by atoms with Crippen LogP contribution in [0, 0.1) is 6.92 Å². The normalized spacial score (nSPS) is 26.5. The van der Waals surface area contributed by atoms with Crippen LogP contribution < -0.4 is 20.3 Å². The van der Waals surface area contributed by atoms with Gasteiger partial charge >= 0.3 is 0 Å². The number of benzene rings is 1. The summed E-state index contributed by atoms with van der Waals surface area (Å²) in [5.41, 5.74) is 0.815. The Kier molecular flexibility index (Phi) is 5.14. The molecule has 3 aliphatic carbocycles. The molecule has 1 saturated heterocycles. The summed E-state index contributed by atoms with van der Waals surface area (Å²) >= 11 is 6.03. The van der Waals surface area contributed by atoms with Crippen LogP contribution in [0.25, 0.3) is 0 Å². The Morgan fingerprint density at radius 2 is 2.00 bits per heavy atom. The molecular formula is C22H26ClN5O3. The number of anilines is 2. The molecule has 164 valence electrons. The topological polar surface area (TPSA) is 88.6 Å². The molecule has 0 atom stereocenters. The summed E-state index contributed by atoms with van der Waals surface area (Å²) in [4.78, 5) is 23.6. The Balaban J connectivity index is 1.10. The van der Waals surface area contributed by atoms with Crippen molar-refractivity contribution in [3.8, 4) is 5.75 Å². The van der Waals surface area contributed by atoms with Crippen molar-refractivity contribution in [1.29, 1.82) is 0 Å². The molecule has 0 unspecified atom stereocenters. The van der Waals surface area contributed by atoms with Crippen molar-refractivity contribution in [2.45, 2.75) is 37.3 Å². The Labute approximate surface area is 186 Å². The second-order valence-electron chi connectivity index (χ2n) is 8.81. The predicted molar refractivity (Wildman–Crippen MR) is 118 cm³/mol. The molecule has 2 N–H and O–H groups in total. The van der Waals surface area contributed by atoms with E-state index in [0.29, 0.717) is 24.0 Å². The fourth-order valence-corrected chi connectivity index (χ4v) is 4.96. The number of carbonyl (C=O) groups is 1. The van der Waals surface area contributed by atoms with Gasteiger partial charge in [0.2, 0.25) is 5.95 Å². The minimum absolute atomic E-state index is 0.00191. The third-order valence-electron chi connectivity index (χ3n) is 6.26. The number of halogens is 1. The Morgan fingerprint density at radius 3 is 2.74 bits per heavy atom. The predicted octanol–water partition coefficient (Wildman–Crippen LogP) is 2.56. The maximum atomic E-state index is 12.4. The second-order valence-corrected chi connectivity index (χ2v) is 9.21. The van der Waals surface area contributed by atoms with Crippen LogP contribution in [0.2, 0.25) is 5.02 Å². The zero-order valence-corrected chi connectivity index (χ0v) is 18.2. The van der Waals surface area contributed by atoms with Crippen molar-refractivity contribution in [3.63, 3.8) is 0 Å². The molecule has 1 aromatic carbocycles. The zero-order valence-electron chi connectivity index (χ0n) is 17.5. The molecule has 4 fully saturated rings. The molecule has 1 aliphatic heterocycles. The van der Waals surface area contributed by atoms with Gasteiger partial charge in [0.15, 0.2) is 6.61 Å². The van der Waals surface area contributed by atoms with E-state index in [-0.39, 0.29) is 23.6 Å². The lowest BCUT2D eigenvalue weighted by molar-refractivity contribution is -0.135. The number of carbonyl (C=O) groups excluding carboxylic acids is 1. The van der Waals surface area contributed by atoms with Gasteiger partial charge in [0, 0.05) is 35.4 Å².